The maximum absolute atomic E-state index is 6.16. The maximum Gasteiger partial charge on any atom is 0.0703 e. The molecular formula is C12H14ClN3S. The minimum Gasteiger partial charge on any atom is -0.306 e. The third-order valence-electron chi connectivity index (χ3n) is 2.60. The van der Waals surface area contributed by atoms with Gasteiger partial charge >= 0.3 is 0 Å². The molecule has 1 atom stereocenters. The average Bonchev–Trinajstić information content (AvgIpc) is 2.83. The molecule has 2 aromatic rings. The Morgan fingerprint density at radius 2 is 2.29 bits per heavy atom. The van der Waals surface area contributed by atoms with Gasteiger partial charge in [-0.05, 0) is 42.2 Å². The van der Waals surface area contributed by atoms with Crippen molar-refractivity contribution in [2.75, 3.05) is 6.54 Å². The number of halogens is 1. The largest absolute Gasteiger partial charge is 0.306 e. The van der Waals surface area contributed by atoms with Crippen molar-refractivity contribution in [3.8, 4) is 0 Å². The molecule has 1 heterocycles. The van der Waals surface area contributed by atoms with Crippen LogP contribution in [0.15, 0.2) is 24.4 Å². The van der Waals surface area contributed by atoms with Gasteiger partial charge in [0.2, 0.25) is 0 Å². The number of nitrogens with zero attached hydrogens (tertiary/aromatic N) is 2. The molecule has 3 nitrogen and oxygen atoms in total. The maximum atomic E-state index is 6.16. The number of rotatable bonds is 4. The molecule has 0 bridgehead atoms. The van der Waals surface area contributed by atoms with Crippen molar-refractivity contribution in [3.05, 3.63) is 45.4 Å². The molecule has 5 heteroatoms. The Morgan fingerprint density at radius 3 is 2.88 bits per heavy atom. The normalized spacial score (nSPS) is 12.6. The summed E-state index contributed by atoms with van der Waals surface area (Å²) in [6.45, 7) is 4.97. The van der Waals surface area contributed by atoms with Crippen LogP contribution in [0.5, 0.6) is 0 Å². The molecule has 0 aliphatic carbocycles. The summed E-state index contributed by atoms with van der Waals surface area (Å²) < 4.78 is 3.91. The fraction of sp³-hybridized carbons (Fsp3) is 0.333. The molecular weight excluding hydrogens is 254 g/mol. The standard InChI is InChI=1S/C12H14ClN3S/c1-3-14-12(11-7-15-16-17-11)9-5-4-8(2)10(13)6-9/h4-7,12,14H,3H2,1-2H3. The van der Waals surface area contributed by atoms with E-state index in [4.69, 9.17) is 11.6 Å². The van der Waals surface area contributed by atoms with Crippen LogP contribution in [0, 0.1) is 6.92 Å². The third kappa shape index (κ3) is 2.83. The Balaban J connectivity index is 2.35. The Hall–Kier alpha value is -0.970. The summed E-state index contributed by atoms with van der Waals surface area (Å²) in [6.07, 6.45) is 1.80. The lowest BCUT2D eigenvalue weighted by Crippen LogP contribution is -2.21. The van der Waals surface area contributed by atoms with Crippen LogP contribution >= 0.6 is 23.1 Å². The van der Waals surface area contributed by atoms with E-state index < -0.39 is 0 Å². The summed E-state index contributed by atoms with van der Waals surface area (Å²) in [5, 5.41) is 8.10. The van der Waals surface area contributed by atoms with Crippen LogP contribution in [-0.2, 0) is 0 Å². The van der Waals surface area contributed by atoms with Crippen LogP contribution in [-0.4, -0.2) is 16.1 Å². The molecule has 0 radical (unpaired) electrons. The number of aryl methyl sites for hydroxylation is 1. The first-order valence-corrected chi connectivity index (χ1v) is 6.64. The highest BCUT2D eigenvalue weighted by molar-refractivity contribution is 7.05. The molecule has 90 valence electrons. The van der Waals surface area contributed by atoms with E-state index in [1.165, 1.54) is 11.5 Å². The van der Waals surface area contributed by atoms with Gasteiger partial charge in [0.05, 0.1) is 17.1 Å². The molecule has 17 heavy (non-hydrogen) atoms. The van der Waals surface area contributed by atoms with Gasteiger partial charge in [-0.2, -0.15) is 0 Å². The molecule has 1 unspecified atom stereocenters. The fourth-order valence-corrected chi connectivity index (χ4v) is 2.47. The van der Waals surface area contributed by atoms with Gasteiger partial charge in [0.25, 0.3) is 0 Å². The molecule has 0 amide bonds. The Bertz CT molecular complexity index is 485. The summed E-state index contributed by atoms with van der Waals surface area (Å²) in [5.41, 5.74) is 2.24. The SMILES string of the molecule is CCNC(c1ccc(C)c(Cl)c1)c1cnns1. The first-order chi connectivity index (χ1) is 8.22. The lowest BCUT2D eigenvalue weighted by atomic mass is 10.0. The monoisotopic (exact) mass is 267 g/mol. The highest BCUT2D eigenvalue weighted by Crippen LogP contribution is 2.27. The second kappa shape index (κ2) is 5.58. The summed E-state index contributed by atoms with van der Waals surface area (Å²) in [5.74, 6) is 0. The Labute approximate surface area is 110 Å². The Kier molecular flexibility index (Phi) is 4.10. The minimum absolute atomic E-state index is 0.123. The zero-order valence-corrected chi connectivity index (χ0v) is 11.3. The van der Waals surface area contributed by atoms with Crippen molar-refractivity contribution >= 4 is 23.1 Å². The van der Waals surface area contributed by atoms with Crippen LogP contribution in [0.1, 0.15) is 29.0 Å². The van der Waals surface area contributed by atoms with Gasteiger partial charge in [0.15, 0.2) is 0 Å². The topological polar surface area (TPSA) is 37.8 Å². The molecule has 0 spiro atoms. The van der Waals surface area contributed by atoms with Gasteiger partial charge in [-0.15, -0.1) is 5.10 Å². The van der Waals surface area contributed by atoms with Crippen LogP contribution in [0.3, 0.4) is 0 Å². The van der Waals surface area contributed by atoms with Crippen molar-refractivity contribution in [2.45, 2.75) is 19.9 Å². The summed E-state index contributed by atoms with van der Waals surface area (Å²) >= 11 is 7.57. The highest BCUT2D eigenvalue weighted by atomic mass is 35.5. The minimum atomic E-state index is 0.123. The Morgan fingerprint density at radius 1 is 1.47 bits per heavy atom. The average molecular weight is 268 g/mol. The molecule has 1 aromatic heterocycles. The van der Waals surface area contributed by atoms with Gasteiger partial charge in [-0.25, -0.2) is 0 Å². The molecule has 1 aromatic carbocycles. The van der Waals surface area contributed by atoms with Crippen molar-refractivity contribution in [3.63, 3.8) is 0 Å². The van der Waals surface area contributed by atoms with Crippen LogP contribution in [0.2, 0.25) is 5.02 Å². The van der Waals surface area contributed by atoms with E-state index in [2.05, 4.69) is 27.9 Å². The van der Waals surface area contributed by atoms with Gasteiger partial charge < -0.3 is 5.32 Å². The molecule has 0 aliphatic rings. The van der Waals surface area contributed by atoms with E-state index in [1.54, 1.807) is 6.20 Å². The van der Waals surface area contributed by atoms with Crippen molar-refractivity contribution in [1.82, 2.24) is 14.9 Å². The zero-order valence-electron chi connectivity index (χ0n) is 9.77. The predicted molar refractivity (Wildman–Crippen MR) is 71.6 cm³/mol. The van der Waals surface area contributed by atoms with Crippen LogP contribution in [0.25, 0.3) is 0 Å². The van der Waals surface area contributed by atoms with Crippen LogP contribution in [0.4, 0.5) is 0 Å². The quantitative estimate of drug-likeness (QED) is 0.924. The lowest BCUT2D eigenvalue weighted by molar-refractivity contribution is 0.638. The van der Waals surface area contributed by atoms with Crippen molar-refractivity contribution in [2.24, 2.45) is 0 Å². The van der Waals surface area contributed by atoms with E-state index >= 15 is 0 Å². The molecule has 0 aliphatic heterocycles. The molecule has 0 saturated heterocycles. The van der Waals surface area contributed by atoms with E-state index in [0.717, 1.165) is 27.6 Å². The lowest BCUT2D eigenvalue weighted by Gasteiger charge is -2.16. The molecule has 0 saturated carbocycles. The second-order valence-electron chi connectivity index (χ2n) is 3.82. The first-order valence-electron chi connectivity index (χ1n) is 5.49. The smallest absolute Gasteiger partial charge is 0.0703 e. The van der Waals surface area contributed by atoms with Gasteiger partial charge in [0.1, 0.15) is 0 Å². The fourth-order valence-electron chi connectivity index (χ4n) is 1.68. The molecule has 2 rings (SSSR count). The van der Waals surface area contributed by atoms with Gasteiger partial charge in [0, 0.05) is 5.02 Å². The zero-order chi connectivity index (χ0) is 12.3. The molecule has 1 N–H and O–H groups in total. The van der Waals surface area contributed by atoms with Crippen molar-refractivity contribution < 1.29 is 0 Å². The van der Waals surface area contributed by atoms with E-state index in [-0.39, 0.29) is 6.04 Å². The second-order valence-corrected chi connectivity index (χ2v) is 5.04. The van der Waals surface area contributed by atoms with E-state index in [0.29, 0.717) is 0 Å². The predicted octanol–water partition coefficient (Wildman–Crippen LogP) is 3.20. The van der Waals surface area contributed by atoms with E-state index in [1.807, 2.05) is 19.1 Å². The molecule has 0 fully saturated rings. The number of hydrogen-bond acceptors (Lipinski definition) is 4. The van der Waals surface area contributed by atoms with Gasteiger partial charge in [-0.3, -0.25) is 0 Å². The summed E-state index contributed by atoms with van der Waals surface area (Å²) in [6, 6.07) is 6.26. The van der Waals surface area contributed by atoms with Crippen LogP contribution < -0.4 is 5.32 Å². The van der Waals surface area contributed by atoms with E-state index in [9.17, 15) is 0 Å². The number of benzene rings is 1. The number of hydrogen-bond donors (Lipinski definition) is 1. The first kappa shape index (κ1) is 12.5. The highest BCUT2D eigenvalue weighted by Gasteiger charge is 2.15. The summed E-state index contributed by atoms with van der Waals surface area (Å²) in [7, 11) is 0. The number of nitrogens with one attached hydrogen (secondary N) is 1. The third-order valence-corrected chi connectivity index (χ3v) is 3.74. The van der Waals surface area contributed by atoms with Crippen molar-refractivity contribution in [1.29, 1.82) is 0 Å². The number of aromatic nitrogens is 2. The summed E-state index contributed by atoms with van der Waals surface area (Å²) in [4.78, 5) is 1.10. The van der Waals surface area contributed by atoms with Gasteiger partial charge in [-0.1, -0.05) is 35.1 Å².